The Balaban J connectivity index is 2.68. The molecule has 0 saturated carbocycles. The zero-order valence-electron chi connectivity index (χ0n) is 10.9. The molecule has 2 unspecified atom stereocenters. The fourth-order valence-electron chi connectivity index (χ4n) is 2.51. The molecule has 1 rings (SSSR count). The molecule has 1 saturated heterocycles. The van der Waals surface area contributed by atoms with Gasteiger partial charge in [-0.3, -0.25) is 4.90 Å². The molecule has 0 amide bonds. The van der Waals surface area contributed by atoms with Crippen molar-refractivity contribution in [3.05, 3.63) is 0 Å². The normalized spacial score (nSPS) is 29.1. The van der Waals surface area contributed by atoms with E-state index >= 15 is 0 Å². The number of hydrogen-bond donors (Lipinski definition) is 1. The van der Waals surface area contributed by atoms with Gasteiger partial charge in [-0.2, -0.15) is 0 Å². The van der Waals surface area contributed by atoms with Gasteiger partial charge >= 0.3 is 0 Å². The molecule has 0 aromatic carbocycles. The third kappa shape index (κ3) is 3.17. The molecule has 0 spiro atoms. The molecule has 0 aromatic heterocycles. The second-order valence-electron chi connectivity index (χ2n) is 4.81. The molecular formula is C12H26N2O2. The first-order chi connectivity index (χ1) is 7.66. The number of methoxy groups -OCH3 is 1. The summed E-state index contributed by atoms with van der Waals surface area (Å²) in [5.41, 5.74) is 6.10. The predicted molar refractivity (Wildman–Crippen MR) is 65.6 cm³/mol. The van der Waals surface area contributed by atoms with Crippen LogP contribution in [-0.2, 0) is 9.47 Å². The first-order valence-corrected chi connectivity index (χ1v) is 6.16. The maximum absolute atomic E-state index is 6.00. The van der Waals surface area contributed by atoms with E-state index < -0.39 is 0 Å². The van der Waals surface area contributed by atoms with Crippen molar-refractivity contribution in [2.45, 2.75) is 37.8 Å². The highest BCUT2D eigenvalue weighted by molar-refractivity contribution is 4.93. The van der Waals surface area contributed by atoms with Crippen molar-refractivity contribution >= 4 is 0 Å². The number of hydrogen-bond acceptors (Lipinski definition) is 4. The smallest absolute Gasteiger partial charge is 0.0615 e. The largest absolute Gasteiger partial charge is 0.383 e. The van der Waals surface area contributed by atoms with Crippen molar-refractivity contribution in [3.8, 4) is 0 Å². The summed E-state index contributed by atoms with van der Waals surface area (Å²) in [7, 11) is 3.90. The lowest BCUT2D eigenvalue weighted by atomic mass is 9.88. The fraction of sp³-hybridized carbons (Fsp3) is 1.00. The number of rotatable bonds is 5. The number of likely N-dealkylation sites (N-methyl/N-ethyl adjacent to an activating group) is 1. The van der Waals surface area contributed by atoms with Crippen LogP contribution in [0, 0.1) is 0 Å². The van der Waals surface area contributed by atoms with E-state index in [1.54, 1.807) is 7.11 Å². The van der Waals surface area contributed by atoms with E-state index in [1.165, 1.54) is 0 Å². The third-order valence-corrected chi connectivity index (χ3v) is 3.84. The van der Waals surface area contributed by atoms with E-state index in [0.717, 1.165) is 39.1 Å². The van der Waals surface area contributed by atoms with Crippen molar-refractivity contribution in [3.63, 3.8) is 0 Å². The topological polar surface area (TPSA) is 47.7 Å². The zero-order chi connectivity index (χ0) is 12.0. The molecule has 16 heavy (non-hydrogen) atoms. The fourth-order valence-corrected chi connectivity index (χ4v) is 2.51. The van der Waals surface area contributed by atoms with Crippen LogP contribution in [0.4, 0.5) is 0 Å². The average molecular weight is 230 g/mol. The quantitative estimate of drug-likeness (QED) is 0.760. The van der Waals surface area contributed by atoms with E-state index in [0.29, 0.717) is 12.6 Å². The minimum atomic E-state index is 0.0917. The molecule has 2 atom stereocenters. The van der Waals surface area contributed by atoms with Crippen LogP contribution in [0.15, 0.2) is 0 Å². The number of nitrogens with zero attached hydrogens (tertiary/aromatic N) is 1. The molecule has 1 aliphatic rings. The van der Waals surface area contributed by atoms with Crippen LogP contribution in [0.5, 0.6) is 0 Å². The molecular weight excluding hydrogens is 204 g/mol. The van der Waals surface area contributed by atoms with Crippen molar-refractivity contribution in [2.24, 2.45) is 5.73 Å². The monoisotopic (exact) mass is 230 g/mol. The molecule has 0 aromatic rings. The van der Waals surface area contributed by atoms with Gasteiger partial charge in [0.1, 0.15) is 0 Å². The lowest BCUT2D eigenvalue weighted by molar-refractivity contribution is 0.0247. The Labute approximate surface area is 99.1 Å². The van der Waals surface area contributed by atoms with Gasteiger partial charge in [-0.15, -0.1) is 0 Å². The SMILES string of the molecule is COCC(C)N(C)C1(CN)CCCOCC1. The summed E-state index contributed by atoms with van der Waals surface area (Å²) in [5.74, 6) is 0. The number of ether oxygens (including phenoxy) is 2. The van der Waals surface area contributed by atoms with Gasteiger partial charge in [-0.1, -0.05) is 0 Å². The Hall–Kier alpha value is -0.160. The molecule has 1 fully saturated rings. The zero-order valence-corrected chi connectivity index (χ0v) is 10.9. The Bertz CT molecular complexity index is 191. The van der Waals surface area contributed by atoms with Gasteiger partial charge in [0.15, 0.2) is 0 Å². The highest BCUT2D eigenvalue weighted by Gasteiger charge is 2.36. The summed E-state index contributed by atoms with van der Waals surface area (Å²) in [5, 5.41) is 0. The summed E-state index contributed by atoms with van der Waals surface area (Å²) in [6.07, 6.45) is 3.24. The average Bonchev–Trinajstić information content (AvgIpc) is 2.54. The van der Waals surface area contributed by atoms with Crippen LogP contribution in [0.3, 0.4) is 0 Å². The van der Waals surface area contributed by atoms with E-state index in [2.05, 4.69) is 18.9 Å². The lowest BCUT2D eigenvalue weighted by Gasteiger charge is -2.43. The Morgan fingerprint density at radius 3 is 2.81 bits per heavy atom. The minimum Gasteiger partial charge on any atom is -0.383 e. The van der Waals surface area contributed by atoms with Gasteiger partial charge in [-0.25, -0.2) is 0 Å². The molecule has 0 bridgehead atoms. The lowest BCUT2D eigenvalue weighted by Crippen LogP contribution is -2.56. The van der Waals surface area contributed by atoms with Gasteiger partial charge in [0.2, 0.25) is 0 Å². The Morgan fingerprint density at radius 1 is 1.44 bits per heavy atom. The standard InChI is InChI=1S/C12H26N2O2/c1-11(9-15-3)14(2)12(10-13)5-4-7-16-8-6-12/h11H,4-10,13H2,1-3H3. The van der Waals surface area contributed by atoms with Crippen LogP contribution in [-0.4, -0.2) is 57.0 Å². The molecule has 0 aliphatic carbocycles. The van der Waals surface area contributed by atoms with Crippen LogP contribution in [0.2, 0.25) is 0 Å². The molecule has 4 heteroatoms. The van der Waals surface area contributed by atoms with E-state index in [9.17, 15) is 0 Å². The summed E-state index contributed by atoms with van der Waals surface area (Å²) < 4.78 is 10.8. The Morgan fingerprint density at radius 2 is 2.19 bits per heavy atom. The molecule has 2 N–H and O–H groups in total. The van der Waals surface area contributed by atoms with Crippen LogP contribution < -0.4 is 5.73 Å². The van der Waals surface area contributed by atoms with E-state index in [-0.39, 0.29) is 5.54 Å². The molecule has 96 valence electrons. The van der Waals surface area contributed by atoms with Crippen LogP contribution >= 0.6 is 0 Å². The highest BCUT2D eigenvalue weighted by Crippen LogP contribution is 2.28. The molecule has 1 heterocycles. The van der Waals surface area contributed by atoms with Crippen molar-refractivity contribution < 1.29 is 9.47 Å². The van der Waals surface area contributed by atoms with Gasteiger partial charge in [-0.05, 0) is 33.2 Å². The van der Waals surface area contributed by atoms with Gasteiger partial charge in [0.25, 0.3) is 0 Å². The minimum absolute atomic E-state index is 0.0917. The maximum atomic E-state index is 6.00. The molecule has 0 radical (unpaired) electrons. The van der Waals surface area contributed by atoms with Crippen molar-refractivity contribution in [1.82, 2.24) is 4.90 Å². The first-order valence-electron chi connectivity index (χ1n) is 6.16. The molecule has 4 nitrogen and oxygen atoms in total. The summed E-state index contributed by atoms with van der Waals surface area (Å²) in [6.45, 7) is 5.32. The van der Waals surface area contributed by atoms with E-state index in [4.69, 9.17) is 15.2 Å². The second-order valence-corrected chi connectivity index (χ2v) is 4.81. The van der Waals surface area contributed by atoms with Gasteiger partial charge in [0.05, 0.1) is 6.61 Å². The summed E-state index contributed by atoms with van der Waals surface area (Å²) in [4.78, 5) is 2.38. The maximum Gasteiger partial charge on any atom is 0.0615 e. The first kappa shape index (κ1) is 13.9. The van der Waals surface area contributed by atoms with Crippen molar-refractivity contribution in [2.75, 3.05) is 40.5 Å². The van der Waals surface area contributed by atoms with Crippen LogP contribution in [0.1, 0.15) is 26.2 Å². The highest BCUT2D eigenvalue weighted by atomic mass is 16.5. The number of nitrogens with two attached hydrogens (primary N) is 1. The Kier molecular flexibility index (Phi) is 5.69. The summed E-state index contributed by atoms with van der Waals surface area (Å²) >= 11 is 0. The van der Waals surface area contributed by atoms with Crippen LogP contribution in [0.25, 0.3) is 0 Å². The van der Waals surface area contributed by atoms with Crippen molar-refractivity contribution in [1.29, 1.82) is 0 Å². The second kappa shape index (κ2) is 6.55. The van der Waals surface area contributed by atoms with Gasteiger partial charge < -0.3 is 15.2 Å². The third-order valence-electron chi connectivity index (χ3n) is 3.84. The molecule has 1 aliphatic heterocycles. The van der Waals surface area contributed by atoms with Gasteiger partial charge in [0, 0.05) is 38.4 Å². The van der Waals surface area contributed by atoms with E-state index in [1.807, 2.05) is 0 Å². The predicted octanol–water partition coefficient (Wildman–Crippen LogP) is 0.851. The summed E-state index contributed by atoms with van der Waals surface area (Å²) in [6, 6.07) is 0.395.